The van der Waals surface area contributed by atoms with Gasteiger partial charge < -0.3 is 10.3 Å². The molecule has 0 unspecified atom stereocenters. The fourth-order valence-corrected chi connectivity index (χ4v) is 4.97. The van der Waals surface area contributed by atoms with Gasteiger partial charge in [0.1, 0.15) is 0 Å². The first-order valence-corrected chi connectivity index (χ1v) is 13.0. The number of carbonyl (C=O) groups is 2. The van der Waals surface area contributed by atoms with E-state index in [4.69, 9.17) is 0 Å². The number of Topliss-reactive ketones (excluding diaryl/α,β-unsaturated/α-hetero) is 1. The first-order valence-electron chi connectivity index (χ1n) is 12.0. The summed E-state index contributed by atoms with van der Waals surface area (Å²) >= 11 is 1.35. The number of aromatic nitrogens is 4. The molecule has 7 nitrogen and oxygen atoms in total. The number of aromatic amines is 1. The van der Waals surface area contributed by atoms with E-state index in [0.717, 1.165) is 33.5 Å². The van der Waals surface area contributed by atoms with Gasteiger partial charge in [-0.2, -0.15) is 0 Å². The molecular weight excluding hydrogens is 482 g/mol. The summed E-state index contributed by atoms with van der Waals surface area (Å²) in [7, 11) is 0. The van der Waals surface area contributed by atoms with E-state index in [1.165, 1.54) is 24.2 Å². The molecule has 37 heavy (non-hydrogen) atoms. The van der Waals surface area contributed by atoms with Gasteiger partial charge in [0.2, 0.25) is 5.91 Å². The molecule has 0 atom stereocenters. The Morgan fingerprint density at radius 1 is 0.973 bits per heavy atom. The van der Waals surface area contributed by atoms with Gasteiger partial charge in [0, 0.05) is 33.4 Å². The third-order valence-electron chi connectivity index (χ3n) is 6.37. The number of ketones is 1. The summed E-state index contributed by atoms with van der Waals surface area (Å²) in [5.41, 5.74) is 6.81. The highest BCUT2D eigenvalue weighted by molar-refractivity contribution is 7.99. The van der Waals surface area contributed by atoms with Crippen LogP contribution in [0, 0.1) is 13.8 Å². The lowest BCUT2D eigenvalue weighted by atomic mass is 10.1. The molecule has 5 aromatic rings. The second-order valence-electron chi connectivity index (χ2n) is 8.98. The number of benzene rings is 3. The van der Waals surface area contributed by atoms with Crippen LogP contribution in [-0.4, -0.2) is 37.2 Å². The van der Waals surface area contributed by atoms with Crippen molar-refractivity contribution >= 4 is 40.0 Å². The molecule has 0 saturated heterocycles. The quantitative estimate of drug-likeness (QED) is 0.197. The minimum atomic E-state index is -0.156. The van der Waals surface area contributed by atoms with Crippen LogP contribution in [0.4, 0.5) is 5.69 Å². The normalized spacial score (nSPS) is 11.1. The predicted octanol–water partition coefficient (Wildman–Crippen LogP) is 6.02. The Labute approximate surface area is 219 Å². The fraction of sp³-hybridized carbons (Fsp3) is 0.172. The van der Waals surface area contributed by atoms with Gasteiger partial charge in [-0.3, -0.25) is 14.2 Å². The van der Waals surface area contributed by atoms with Crippen molar-refractivity contribution in [2.45, 2.75) is 32.5 Å². The maximum Gasteiger partial charge on any atom is 0.234 e. The number of aryl methyl sites for hydroxylation is 2. The van der Waals surface area contributed by atoms with Gasteiger partial charge in [0.05, 0.1) is 12.3 Å². The first kappa shape index (κ1) is 24.5. The van der Waals surface area contributed by atoms with Crippen molar-refractivity contribution in [1.29, 1.82) is 0 Å². The lowest BCUT2D eigenvalue weighted by Crippen LogP contribution is -2.15. The van der Waals surface area contributed by atoms with Crippen molar-refractivity contribution in [3.05, 3.63) is 95.2 Å². The Bertz CT molecular complexity index is 1590. The molecule has 0 saturated carbocycles. The Kier molecular flexibility index (Phi) is 6.92. The Balaban J connectivity index is 1.40. The highest BCUT2D eigenvalue weighted by Crippen LogP contribution is 2.30. The van der Waals surface area contributed by atoms with E-state index < -0.39 is 0 Å². The molecular formula is C29H27N5O2S. The molecule has 0 aliphatic rings. The minimum absolute atomic E-state index is 0.0112. The van der Waals surface area contributed by atoms with Crippen molar-refractivity contribution in [3.63, 3.8) is 0 Å². The number of anilines is 1. The summed E-state index contributed by atoms with van der Waals surface area (Å²) in [6.45, 7) is 6.29. The van der Waals surface area contributed by atoms with Crippen LogP contribution in [-0.2, 0) is 11.3 Å². The number of fused-ring (bicyclic) bond motifs is 1. The molecule has 0 spiro atoms. The van der Waals surface area contributed by atoms with Crippen LogP contribution in [0.15, 0.2) is 78.0 Å². The second kappa shape index (κ2) is 10.4. The molecule has 3 aromatic carbocycles. The van der Waals surface area contributed by atoms with Crippen molar-refractivity contribution in [1.82, 2.24) is 19.7 Å². The highest BCUT2D eigenvalue weighted by atomic mass is 32.2. The van der Waals surface area contributed by atoms with Crippen LogP contribution in [0.25, 0.3) is 22.3 Å². The third kappa shape index (κ3) is 5.34. The van der Waals surface area contributed by atoms with Crippen LogP contribution in [0.2, 0.25) is 0 Å². The largest absolute Gasteiger partial charge is 0.358 e. The van der Waals surface area contributed by atoms with Crippen molar-refractivity contribution < 1.29 is 9.59 Å². The zero-order valence-electron chi connectivity index (χ0n) is 20.9. The number of H-pyrrole nitrogens is 1. The Morgan fingerprint density at radius 3 is 2.46 bits per heavy atom. The van der Waals surface area contributed by atoms with Gasteiger partial charge in [0.25, 0.3) is 0 Å². The molecule has 1 amide bonds. The van der Waals surface area contributed by atoms with Gasteiger partial charge in [0.15, 0.2) is 16.8 Å². The summed E-state index contributed by atoms with van der Waals surface area (Å²) in [5.74, 6) is 0.766. The predicted molar refractivity (Wildman–Crippen MR) is 148 cm³/mol. The van der Waals surface area contributed by atoms with Gasteiger partial charge in [-0.05, 0) is 74.4 Å². The summed E-state index contributed by atoms with van der Waals surface area (Å²) in [4.78, 5) is 27.6. The van der Waals surface area contributed by atoms with Gasteiger partial charge in [-0.15, -0.1) is 10.2 Å². The van der Waals surface area contributed by atoms with Crippen LogP contribution < -0.4 is 5.32 Å². The van der Waals surface area contributed by atoms with E-state index in [1.807, 2.05) is 18.2 Å². The number of hydrogen-bond donors (Lipinski definition) is 2. The summed E-state index contributed by atoms with van der Waals surface area (Å²) in [5, 5.41) is 13.7. The minimum Gasteiger partial charge on any atom is -0.358 e. The van der Waals surface area contributed by atoms with Crippen molar-refractivity contribution in [2.24, 2.45) is 0 Å². The first-order chi connectivity index (χ1) is 17.9. The van der Waals surface area contributed by atoms with Gasteiger partial charge in [-0.1, -0.05) is 42.1 Å². The highest BCUT2D eigenvalue weighted by Gasteiger charge is 2.17. The average Bonchev–Trinajstić information content (AvgIpc) is 3.43. The number of nitrogens with zero attached hydrogens (tertiary/aromatic N) is 3. The van der Waals surface area contributed by atoms with E-state index in [0.29, 0.717) is 23.0 Å². The van der Waals surface area contributed by atoms with E-state index in [-0.39, 0.29) is 17.4 Å². The maximum absolute atomic E-state index is 12.7. The van der Waals surface area contributed by atoms with E-state index in [1.54, 1.807) is 24.3 Å². The summed E-state index contributed by atoms with van der Waals surface area (Å²) in [6.07, 6.45) is 0. The number of amides is 1. The monoisotopic (exact) mass is 509 g/mol. The van der Waals surface area contributed by atoms with Crippen LogP contribution >= 0.6 is 11.8 Å². The van der Waals surface area contributed by atoms with Gasteiger partial charge in [-0.25, -0.2) is 0 Å². The van der Waals surface area contributed by atoms with Gasteiger partial charge >= 0.3 is 0 Å². The molecule has 5 rings (SSSR count). The number of rotatable bonds is 8. The molecule has 2 N–H and O–H groups in total. The van der Waals surface area contributed by atoms with Crippen molar-refractivity contribution in [3.8, 4) is 11.4 Å². The second-order valence-corrected chi connectivity index (χ2v) is 9.93. The molecule has 0 aliphatic carbocycles. The standard InChI is InChI=1S/C29H27N5O2S/c1-18-19(2)30-26-14-11-23(15-25(18)26)28-32-33-29(34(28)16-21-7-5-4-6-8-21)37-17-27(36)31-24-12-9-22(10-13-24)20(3)35/h4-15,30H,16-17H2,1-3H3,(H,31,36). The Morgan fingerprint density at radius 2 is 1.73 bits per heavy atom. The molecule has 0 fully saturated rings. The van der Waals surface area contributed by atoms with E-state index >= 15 is 0 Å². The van der Waals surface area contributed by atoms with E-state index in [2.05, 4.69) is 69.2 Å². The fourth-order valence-electron chi connectivity index (χ4n) is 4.23. The smallest absolute Gasteiger partial charge is 0.234 e. The number of carbonyl (C=O) groups excluding carboxylic acids is 2. The zero-order chi connectivity index (χ0) is 25.9. The summed E-state index contributed by atoms with van der Waals surface area (Å²) < 4.78 is 2.06. The summed E-state index contributed by atoms with van der Waals surface area (Å²) in [6, 6.07) is 23.3. The van der Waals surface area contributed by atoms with Crippen molar-refractivity contribution in [2.75, 3.05) is 11.1 Å². The molecule has 2 heterocycles. The SMILES string of the molecule is CC(=O)c1ccc(NC(=O)CSc2nnc(-c3ccc4[nH]c(C)c(C)c4c3)n2Cc2ccccc2)cc1. The number of thioether (sulfide) groups is 1. The van der Waals surface area contributed by atoms with Crippen LogP contribution in [0.3, 0.4) is 0 Å². The molecule has 8 heteroatoms. The number of nitrogens with one attached hydrogen (secondary N) is 2. The molecule has 0 radical (unpaired) electrons. The van der Waals surface area contributed by atoms with Crippen LogP contribution in [0.5, 0.6) is 0 Å². The average molecular weight is 510 g/mol. The zero-order valence-corrected chi connectivity index (χ0v) is 21.7. The van der Waals surface area contributed by atoms with E-state index in [9.17, 15) is 9.59 Å². The Hall–Kier alpha value is -4.17. The maximum atomic E-state index is 12.7. The lowest BCUT2D eigenvalue weighted by molar-refractivity contribution is -0.113. The molecule has 0 aliphatic heterocycles. The molecule has 2 aromatic heterocycles. The third-order valence-corrected chi connectivity index (χ3v) is 7.34. The molecule has 0 bridgehead atoms. The topological polar surface area (TPSA) is 92.7 Å². The van der Waals surface area contributed by atoms with Crippen LogP contribution in [0.1, 0.15) is 34.1 Å². The molecule has 186 valence electrons. The number of hydrogen-bond acceptors (Lipinski definition) is 5. The lowest BCUT2D eigenvalue weighted by Gasteiger charge is -2.11.